The Bertz CT molecular complexity index is 143. The molecule has 0 unspecified atom stereocenters. The molecule has 2 N–H and O–H groups in total. The van der Waals surface area contributed by atoms with Crippen LogP contribution < -0.4 is 5.73 Å². The molecule has 0 amide bonds. The number of ether oxygens (including phenoxy) is 1. The van der Waals surface area contributed by atoms with Gasteiger partial charge >= 0.3 is 0 Å². The number of nitrogens with two attached hydrogens (primary N) is 1. The monoisotopic (exact) mass is 159 g/mol. The summed E-state index contributed by atoms with van der Waals surface area (Å²) in [6.07, 6.45) is 4.79. The molecule has 0 saturated carbocycles. The van der Waals surface area contributed by atoms with Crippen LogP contribution >= 0.6 is 0 Å². The molecule has 0 spiro atoms. The van der Waals surface area contributed by atoms with Gasteiger partial charge in [-0.1, -0.05) is 12.2 Å². The number of hydrogen-bond acceptors (Lipinski definition) is 2. The second kappa shape index (κ2) is 7.44. The van der Waals surface area contributed by atoms with Crippen LogP contribution in [0.5, 0.6) is 0 Å². The van der Waals surface area contributed by atoms with E-state index in [1.54, 1.807) is 7.11 Å². The lowest BCUT2D eigenvalue weighted by Crippen LogP contribution is -2.01. The molecule has 0 aromatic heterocycles. The summed E-state index contributed by atoms with van der Waals surface area (Å²) in [6.45, 7) is 0.831. The summed E-state index contributed by atoms with van der Waals surface area (Å²) in [7, 11) is 1.61. The Hall–Kier alpha value is -0.670. The van der Waals surface area contributed by atoms with Crippen molar-refractivity contribution in [2.24, 2.45) is 5.73 Å². The Morgan fingerprint density at radius 2 is 2.27 bits per heavy atom. The SMILES string of the molecule is COC/C=C/C/C(=C\F)CN. The average molecular weight is 159 g/mol. The van der Waals surface area contributed by atoms with Crippen LogP contribution in [0.25, 0.3) is 0 Å². The summed E-state index contributed by atoms with van der Waals surface area (Å²) in [6, 6.07) is 0. The van der Waals surface area contributed by atoms with E-state index in [-0.39, 0.29) is 6.54 Å². The van der Waals surface area contributed by atoms with Gasteiger partial charge < -0.3 is 10.5 Å². The van der Waals surface area contributed by atoms with Gasteiger partial charge in [0.15, 0.2) is 0 Å². The van der Waals surface area contributed by atoms with Crippen LogP contribution in [0.2, 0.25) is 0 Å². The van der Waals surface area contributed by atoms with Gasteiger partial charge in [0.25, 0.3) is 0 Å². The average Bonchev–Trinajstić information content (AvgIpc) is 2.05. The third kappa shape index (κ3) is 5.76. The van der Waals surface area contributed by atoms with Crippen molar-refractivity contribution in [1.82, 2.24) is 0 Å². The Balaban J connectivity index is 3.50. The van der Waals surface area contributed by atoms with Gasteiger partial charge in [-0.2, -0.15) is 0 Å². The van der Waals surface area contributed by atoms with Gasteiger partial charge in [0.05, 0.1) is 12.9 Å². The zero-order chi connectivity index (χ0) is 8.53. The molecule has 0 aliphatic heterocycles. The molecular formula is C8H14FNO. The summed E-state index contributed by atoms with van der Waals surface area (Å²) in [4.78, 5) is 0. The molecule has 0 aliphatic carbocycles. The van der Waals surface area contributed by atoms with Crippen molar-refractivity contribution in [3.63, 3.8) is 0 Å². The van der Waals surface area contributed by atoms with Crippen LogP contribution in [0.4, 0.5) is 4.39 Å². The minimum absolute atomic E-state index is 0.272. The molecule has 64 valence electrons. The lowest BCUT2D eigenvalue weighted by molar-refractivity contribution is 0.233. The van der Waals surface area contributed by atoms with Crippen molar-refractivity contribution in [3.8, 4) is 0 Å². The van der Waals surface area contributed by atoms with Crippen molar-refractivity contribution >= 4 is 0 Å². The molecule has 3 heteroatoms. The van der Waals surface area contributed by atoms with Gasteiger partial charge in [0.1, 0.15) is 0 Å². The quantitative estimate of drug-likeness (QED) is 0.615. The van der Waals surface area contributed by atoms with E-state index < -0.39 is 0 Å². The second-order valence-corrected chi connectivity index (χ2v) is 2.10. The first-order chi connectivity index (χ1) is 5.35. The highest BCUT2D eigenvalue weighted by atomic mass is 19.1. The number of rotatable bonds is 5. The predicted octanol–water partition coefficient (Wildman–Crippen LogP) is 1.39. The van der Waals surface area contributed by atoms with Gasteiger partial charge in [-0.15, -0.1) is 0 Å². The molecule has 0 rings (SSSR count). The summed E-state index contributed by atoms with van der Waals surface area (Å²) in [5.74, 6) is 0. The maximum atomic E-state index is 11.9. The van der Waals surface area contributed by atoms with Gasteiger partial charge in [0.2, 0.25) is 0 Å². The predicted molar refractivity (Wildman–Crippen MR) is 43.9 cm³/mol. The molecule has 0 aromatic rings. The fourth-order valence-electron chi connectivity index (χ4n) is 0.571. The standard InChI is InChI=1S/C8H14FNO/c1-11-5-3-2-4-8(6-9)7-10/h2-3,6H,4-5,7,10H2,1H3/b3-2+,8-6+. The van der Waals surface area contributed by atoms with Crippen LogP contribution in [0.1, 0.15) is 6.42 Å². The Labute approximate surface area is 66.5 Å². The highest BCUT2D eigenvalue weighted by Crippen LogP contribution is 1.99. The molecule has 0 heterocycles. The van der Waals surface area contributed by atoms with E-state index in [4.69, 9.17) is 10.5 Å². The van der Waals surface area contributed by atoms with Crippen molar-refractivity contribution in [3.05, 3.63) is 24.1 Å². The van der Waals surface area contributed by atoms with Gasteiger partial charge in [-0.3, -0.25) is 0 Å². The largest absolute Gasteiger partial charge is 0.381 e. The fourth-order valence-corrected chi connectivity index (χ4v) is 0.571. The normalized spacial score (nSPS) is 12.8. The molecular weight excluding hydrogens is 145 g/mol. The number of methoxy groups -OCH3 is 1. The van der Waals surface area contributed by atoms with E-state index in [0.717, 1.165) is 0 Å². The van der Waals surface area contributed by atoms with Crippen LogP contribution in [0, 0.1) is 0 Å². The van der Waals surface area contributed by atoms with E-state index in [1.807, 2.05) is 12.2 Å². The maximum absolute atomic E-state index is 11.9. The van der Waals surface area contributed by atoms with Gasteiger partial charge in [0, 0.05) is 13.7 Å². The van der Waals surface area contributed by atoms with Crippen LogP contribution in [0.15, 0.2) is 24.1 Å². The van der Waals surface area contributed by atoms with Crippen molar-refractivity contribution in [2.45, 2.75) is 6.42 Å². The molecule has 2 nitrogen and oxygen atoms in total. The lowest BCUT2D eigenvalue weighted by atomic mass is 10.2. The molecule has 0 aliphatic rings. The van der Waals surface area contributed by atoms with E-state index in [9.17, 15) is 4.39 Å². The van der Waals surface area contributed by atoms with E-state index >= 15 is 0 Å². The first kappa shape index (κ1) is 10.3. The van der Waals surface area contributed by atoms with E-state index in [1.165, 1.54) is 0 Å². The minimum atomic E-state index is 0.272. The van der Waals surface area contributed by atoms with E-state index in [0.29, 0.717) is 24.9 Å². The number of halogens is 1. The zero-order valence-corrected chi connectivity index (χ0v) is 6.72. The molecule has 0 radical (unpaired) electrons. The van der Waals surface area contributed by atoms with E-state index in [2.05, 4.69) is 0 Å². The smallest absolute Gasteiger partial charge is 0.0874 e. The van der Waals surface area contributed by atoms with Gasteiger partial charge in [-0.05, 0) is 12.0 Å². The fraction of sp³-hybridized carbons (Fsp3) is 0.500. The third-order valence-corrected chi connectivity index (χ3v) is 1.23. The van der Waals surface area contributed by atoms with Crippen molar-refractivity contribution in [2.75, 3.05) is 20.3 Å². The Morgan fingerprint density at radius 1 is 1.55 bits per heavy atom. The summed E-state index contributed by atoms with van der Waals surface area (Å²) in [5.41, 5.74) is 5.82. The molecule has 0 aromatic carbocycles. The summed E-state index contributed by atoms with van der Waals surface area (Å²) in [5, 5.41) is 0. The van der Waals surface area contributed by atoms with Crippen molar-refractivity contribution in [1.29, 1.82) is 0 Å². The summed E-state index contributed by atoms with van der Waals surface area (Å²) >= 11 is 0. The number of allylic oxidation sites excluding steroid dienone is 1. The minimum Gasteiger partial charge on any atom is -0.381 e. The summed E-state index contributed by atoms with van der Waals surface area (Å²) < 4.78 is 16.6. The third-order valence-electron chi connectivity index (χ3n) is 1.23. The van der Waals surface area contributed by atoms with Crippen LogP contribution in [-0.2, 0) is 4.74 Å². The molecule has 0 atom stereocenters. The zero-order valence-electron chi connectivity index (χ0n) is 6.72. The van der Waals surface area contributed by atoms with Crippen LogP contribution in [0.3, 0.4) is 0 Å². The first-order valence-electron chi connectivity index (χ1n) is 3.47. The Morgan fingerprint density at radius 3 is 2.73 bits per heavy atom. The molecule has 0 saturated heterocycles. The Kier molecular flexibility index (Phi) is 6.98. The molecule has 11 heavy (non-hydrogen) atoms. The maximum Gasteiger partial charge on any atom is 0.0874 e. The van der Waals surface area contributed by atoms with Crippen molar-refractivity contribution < 1.29 is 9.13 Å². The molecule has 0 fully saturated rings. The highest BCUT2D eigenvalue weighted by Gasteiger charge is 1.88. The topological polar surface area (TPSA) is 35.2 Å². The second-order valence-electron chi connectivity index (χ2n) is 2.10. The molecule has 0 bridgehead atoms. The van der Waals surface area contributed by atoms with Gasteiger partial charge in [-0.25, -0.2) is 4.39 Å². The first-order valence-corrected chi connectivity index (χ1v) is 3.47. The highest BCUT2D eigenvalue weighted by molar-refractivity contribution is 5.05. The lowest BCUT2D eigenvalue weighted by Gasteiger charge is -1.95. The van der Waals surface area contributed by atoms with Crippen LogP contribution in [-0.4, -0.2) is 20.3 Å². The number of hydrogen-bond donors (Lipinski definition) is 1.